The molecule has 0 spiro atoms. The number of hydrogen-bond acceptors (Lipinski definition) is 2. The van der Waals surface area contributed by atoms with Gasteiger partial charge in [-0.25, -0.2) is 13.2 Å². The van der Waals surface area contributed by atoms with E-state index in [1.165, 1.54) is 0 Å². The summed E-state index contributed by atoms with van der Waals surface area (Å²) in [7, 11) is 1.65. The van der Waals surface area contributed by atoms with E-state index in [9.17, 15) is 13.2 Å². The lowest BCUT2D eigenvalue weighted by atomic mass is 10.1. The standard InChI is InChI=1S/C13H16F3NO/c1-18-12-4-2-3-11(12)17-7-8-5-9(14)13(16)10(15)6-8/h5-6,11-12,17H,2-4,7H2,1H3. The van der Waals surface area contributed by atoms with Gasteiger partial charge in [-0.3, -0.25) is 0 Å². The Labute approximate surface area is 104 Å². The average Bonchev–Trinajstić information content (AvgIpc) is 2.80. The van der Waals surface area contributed by atoms with E-state index in [1.807, 2.05) is 0 Å². The number of benzene rings is 1. The second kappa shape index (κ2) is 5.71. The molecule has 0 aliphatic heterocycles. The van der Waals surface area contributed by atoms with Gasteiger partial charge in [-0.1, -0.05) is 0 Å². The van der Waals surface area contributed by atoms with E-state index >= 15 is 0 Å². The van der Waals surface area contributed by atoms with E-state index in [-0.39, 0.29) is 12.1 Å². The maximum atomic E-state index is 13.0. The number of hydrogen-bond donors (Lipinski definition) is 1. The van der Waals surface area contributed by atoms with Gasteiger partial charge in [-0.05, 0) is 37.0 Å². The summed E-state index contributed by atoms with van der Waals surface area (Å²) in [6.45, 7) is 0.304. The van der Waals surface area contributed by atoms with Crippen molar-refractivity contribution < 1.29 is 17.9 Å². The summed E-state index contributed by atoms with van der Waals surface area (Å²) in [4.78, 5) is 0. The summed E-state index contributed by atoms with van der Waals surface area (Å²) >= 11 is 0. The third-order valence-electron chi connectivity index (χ3n) is 3.37. The van der Waals surface area contributed by atoms with E-state index in [2.05, 4.69) is 5.32 Å². The Hall–Kier alpha value is -1.07. The smallest absolute Gasteiger partial charge is 0.194 e. The first kappa shape index (κ1) is 13.4. The Balaban J connectivity index is 1.98. The van der Waals surface area contributed by atoms with Crippen molar-refractivity contribution >= 4 is 0 Å². The Morgan fingerprint density at radius 2 is 1.89 bits per heavy atom. The van der Waals surface area contributed by atoms with E-state index in [4.69, 9.17) is 4.74 Å². The highest BCUT2D eigenvalue weighted by atomic mass is 19.2. The second-order valence-corrected chi connectivity index (χ2v) is 4.57. The first-order valence-corrected chi connectivity index (χ1v) is 6.01. The fourth-order valence-corrected chi connectivity index (χ4v) is 2.40. The van der Waals surface area contributed by atoms with Gasteiger partial charge in [0.05, 0.1) is 6.10 Å². The zero-order chi connectivity index (χ0) is 13.1. The van der Waals surface area contributed by atoms with Crippen LogP contribution in [0.3, 0.4) is 0 Å². The predicted molar refractivity (Wildman–Crippen MR) is 61.6 cm³/mol. The van der Waals surface area contributed by atoms with Crippen molar-refractivity contribution in [2.24, 2.45) is 0 Å². The van der Waals surface area contributed by atoms with Crippen molar-refractivity contribution in [3.8, 4) is 0 Å². The van der Waals surface area contributed by atoms with Gasteiger partial charge in [0.1, 0.15) is 0 Å². The van der Waals surface area contributed by atoms with Gasteiger partial charge in [-0.2, -0.15) is 0 Å². The first-order valence-electron chi connectivity index (χ1n) is 6.01. The molecule has 1 saturated carbocycles. The molecule has 0 amide bonds. The van der Waals surface area contributed by atoms with E-state index in [0.717, 1.165) is 31.4 Å². The van der Waals surface area contributed by atoms with Crippen LogP contribution in [0.15, 0.2) is 12.1 Å². The van der Waals surface area contributed by atoms with Crippen molar-refractivity contribution in [2.75, 3.05) is 7.11 Å². The van der Waals surface area contributed by atoms with Crippen molar-refractivity contribution in [1.29, 1.82) is 0 Å². The molecule has 1 aliphatic rings. The van der Waals surface area contributed by atoms with Crippen LogP contribution in [0.25, 0.3) is 0 Å². The fraction of sp³-hybridized carbons (Fsp3) is 0.538. The SMILES string of the molecule is COC1CCCC1NCc1cc(F)c(F)c(F)c1. The number of ether oxygens (including phenoxy) is 1. The van der Waals surface area contributed by atoms with Crippen LogP contribution in [0.1, 0.15) is 24.8 Å². The molecule has 0 bridgehead atoms. The van der Waals surface area contributed by atoms with E-state index in [0.29, 0.717) is 12.1 Å². The summed E-state index contributed by atoms with van der Waals surface area (Å²) in [5.41, 5.74) is 0.396. The molecule has 18 heavy (non-hydrogen) atoms. The Kier molecular flexibility index (Phi) is 4.24. The highest BCUT2D eigenvalue weighted by molar-refractivity contribution is 5.19. The lowest BCUT2D eigenvalue weighted by Crippen LogP contribution is -2.36. The van der Waals surface area contributed by atoms with Crippen molar-refractivity contribution in [3.05, 3.63) is 35.1 Å². The zero-order valence-corrected chi connectivity index (χ0v) is 10.2. The van der Waals surface area contributed by atoms with Gasteiger partial charge in [0.15, 0.2) is 17.5 Å². The van der Waals surface area contributed by atoms with Gasteiger partial charge >= 0.3 is 0 Å². The van der Waals surface area contributed by atoms with Gasteiger partial charge in [0.2, 0.25) is 0 Å². The molecule has 1 aromatic rings. The third kappa shape index (κ3) is 2.84. The van der Waals surface area contributed by atoms with Crippen LogP contribution in [-0.2, 0) is 11.3 Å². The topological polar surface area (TPSA) is 21.3 Å². The molecule has 0 saturated heterocycles. The van der Waals surface area contributed by atoms with Crippen LogP contribution in [0.5, 0.6) is 0 Å². The minimum absolute atomic E-state index is 0.139. The molecule has 2 nitrogen and oxygen atoms in total. The fourth-order valence-electron chi connectivity index (χ4n) is 2.40. The monoisotopic (exact) mass is 259 g/mol. The van der Waals surface area contributed by atoms with Crippen LogP contribution in [-0.4, -0.2) is 19.3 Å². The van der Waals surface area contributed by atoms with Crippen LogP contribution in [0.2, 0.25) is 0 Å². The summed E-state index contributed by atoms with van der Waals surface area (Å²) in [5, 5.41) is 3.19. The molecule has 1 aliphatic carbocycles. The van der Waals surface area contributed by atoms with Gasteiger partial charge in [0.25, 0.3) is 0 Å². The molecule has 1 aromatic carbocycles. The minimum atomic E-state index is -1.42. The zero-order valence-electron chi connectivity index (χ0n) is 10.2. The molecule has 2 atom stereocenters. The van der Waals surface area contributed by atoms with Crippen LogP contribution >= 0.6 is 0 Å². The molecule has 0 heterocycles. The summed E-state index contributed by atoms with van der Waals surface area (Å²) in [6, 6.07) is 2.22. The minimum Gasteiger partial charge on any atom is -0.380 e. The van der Waals surface area contributed by atoms with Crippen LogP contribution in [0.4, 0.5) is 13.2 Å². The Bertz CT molecular complexity index is 402. The molecule has 0 aromatic heterocycles. The Morgan fingerprint density at radius 3 is 2.50 bits per heavy atom. The van der Waals surface area contributed by atoms with Crippen LogP contribution in [0, 0.1) is 17.5 Å². The predicted octanol–water partition coefficient (Wildman–Crippen LogP) is 2.76. The molecular weight excluding hydrogens is 243 g/mol. The summed E-state index contributed by atoms with van der Waals surface area (Å²) in [5.74, 6) is -3.72. The average molecular weight is 259 g/mol. The van der Waals surface area contributed by atoms with Gasteiger partial charge in [0, 0.05) is 19.7 Å². The molecule has 2 rings (SSSR count). The van der Waals surface area contributed by atoms with Crippen molar-refractivity contribution in [2.45, 2.75) is 38.0 Å². The molecule has 2 unspecified atom stereocenters. The maximum absolute atomic E-state index is 13.0. The molecule has 1 fully saturated rings. The van der Waals surface area contributed by atoms with Gasteiger partial charge < -0.3 is 10.1 Å². The number of nitrogens with one attached hydrogen (secondary N) is 1. The maximum Gasteiger partial charge on any atom is 0.194 e. The van der Waals surface area contributed by atoms with Crippen molar-refractivity contribution in [1.82, 2.24) is 5.32 Å². The highest BCUT2D eigenvalue weighted by Gasteiger charge is 2.26. The van der Waals surface area contributed by atoms with E-state index in [1.54, 1.807) is 7.11 Å². The second-order valence-electron chi connectivity index (χ2n) is 4.57. The number of rotatable bonds is 4. The van der Waals surface area contributed by atoms with Gasteiger partial charge in [-0.15, -0.1) is 0 Å². The van der Waals surface area contributed by atoms with Crippen LogP contribution < -0.4 is 5.32 Å². The number of halogens is 3. The quantitative estimate of drug-likeness (QED) is 0.839. The lowest BCUT2D eigenvalue weighted by molar-refractivity contribution is 0.0847. The normalized spacial score (nSPS) is 23.6. The molecule has 1 N–H and O–H groups in total. The first-order chi connectivity index (χ1) is 8.61. The molecular formula is C13H16F3NO. The third-order valence-corrected chi connectivity index (χ3v) is 3.37. The lowest BCUT2D eigenvalue weighted by Gasteiger charge is -2.19. The largest absolute Gasteiger partial charge is 0.380 e. The molecule has 5 heteroatoms. The Morgan fingerprint density at radius 1 is 1.22 bits per heavy atom. The molecule has 100 valence electrons. The van der Waals surface area contributed by atoms with E-state index < -0.39 is 17.5 Å². The summed E-state index contributed by atoms with van der Waals surface area (Å²) in [6.07, 6.45) is 3.17. The number of methoxy groups -OCH3 is 1. The van der Waals surface area contributed by atoms with Crippen molar-refractivity contribution in [3.63, 3.8) is 0 Å². The highest BCUT2D eigenvalue weighted by Crippen LogP contribution is 2.22. The summed E-state index contributed by atoms with van der Waals surface area (Å²) < 4.78 is 44.1. The molecule has 0 radical (unpaired) electrons.